The zero-order valence-electron chi connectivity index (χ0n) is 16.2. The first kappa shape index (κ1) is 21.6. The molecule has 1 aliphatic heterocycles. The maximum atomic E-state index is 14.0. The van der Waals surface area contributed by atoms with Crippen LogP contribution in [0.3, 0.4) is 0 Å². The Morgan fingerprint density at radius 2 is 2.07 bits per heavy atom. The second kappa shape index (κ2) is 7.98. The summed E-state index contributed by atoms with van der Waals surface area (Å²) in [6, 6.07) is 1.70. The largest absolute Gasteiger partial charge is 0.416 e. The lowest BCUT2D eigenvalue weighted by molar-refractivity contribution is -0.137. The Morgan fingerprint density at radius 3 is 2.66 bits per heavy atom. The molecule has 1 atom stereocenters. The van der Waals surface area contributed by atoms with Gasteiger partial charge in [0.15, 0.2) is 0 Å². The summed E-state index contributed by atoms with van der Waals surface area (Å²) in [5.41, 5.74) is -2.15. The molecule has 1 aromatic heterocycles. The molecule has 29 heavy (non-hydrogen) atoms. The number of alkyl halides is 3. The summed E-state index contributed by atoms with van der Waals surface area (Å²) in [4.78, 5) is 16.6. The molecule has 0 radical (unpaired) electrons. The number of halogens is 4. The van der Waals surface area contributed by atoms with Crippen molar-refractivity contribution < 1.29 is 27.1 Å². The molecular formula is C19H21F4N3O2S. The average molecular weight is 431 g/mol. The number of carbonyl (C=O) groups is 1. The van der Waals surface area contributed by atoms with Crippen LogP contribution in [0.2, 0.25) is 0 Å². The minimum Gasteiger partial charge on any atom is -0.376 e. The van der Waals surface area contributed by atoms with Crippen LogP contribution in [0.25, 0.3) is 0 Å². The zero-order valence-corrected chi connectivity index (χ0v) is 17.0. The van der Waals surface area contributed by atoms with Gasteiger partial charge in [0.1, 0.15) is 10.8 Å². The van der Waals surface area contributed by atoms with Crippen molar-refractivity contribution in [3.63, 3.8) is 0 Å². The highest BCUT2D eigenvalue weighted by molar-refractivity contribution is 7.09. The van der Waals surface area contributed by atoms with Crippen LogP contribution in [0, 0.1) is 5.82 Å². The Balaban J connectivity index is 2.02. The summed E-state index contributed by atoms with van der Waals surface area (Å²) < 4.78 is 59.9. The molecule has 0 N–H and O–H groups in total. The molecule has 0 aliphatic carbocycles. The lowest BCUT2D eigenvalue weighted by Crippen LogP contribution is -2.26. The molecule has 158 valence electrons. The van der Waals surface area contributed by atoms with E-state index in [0.29, 0.717) is 36.4 Å². The summed E-state index contributed by atoms with van der Waals surface area (Å²) in [6.45, 7) is 6.84. The molecule has 0 saturated carbocycles. The smallest absolute Gasteiger partial charge is 0.376 e. The lowest BCUT2D eigenvalue weighted by Gasteiger charge is -2.13. The number of hydrogen-bond acceptors (Lipinski definition) is 4. The van der Waals surface area contributed by atoms with E-state index in [-0.39, 0.29) is 16.3 Å². The first-order valence-corrected chi connectivity index (χ1v) is 9.92. The Bertz CT molecular complexity index is 967. The zero-order chi connectivity index (χ0) is 21.4. The van der Waals surface area contributed by atoms with Gasteiger partial charge in [0.2, 0.25) is 4.80 Å². The Labute approximate surface area is 169 Å². The maximum Gasteiger partial charge on any atom is 0.416 e. The highest BCUT2D eigenvalue weighted by Crippen LogP contribution is 2.30. The minimum absolute atomic E-state index is 0.0794. The average Bonchev–Trinajstić information content (AvgIpc) is 3.24. The van der Waals surface area contributed by atoms with Gasteiger partial charge in [-0.25, -0.2) is 9.07 Å². The van der Waals surface area contributed by atoms with Gasteiger partial charge >= 0.3 is 6.18 Å². The van der Waals surface area contributed by atoms with E-state index in [4.69, 9.17) is 4.74 Å². The van der Waals surface area contributed by atoms with Crippen LogP contribution in [-0.4, -0.2) is 28.4 Å². The van der Waals surface area contributed by atoms with Gasteiger partial charge in [-0.15, -0.1) is 0 Å². The van der Waals surface area contributed by atoms with E-state index in [0.717, 1.165) is 24.2 Å². The van der Waals surface area contributed by atoms with Crippen molar-refractivity contribution in [2.45, 2.75) is 57.9 Å². The third-order valence-electron chi connectivity index (χ3n) is 4.38. The topological polar surface area (TPSA) is 56.5 Å². The molecule has 1 aliphatic rings. The molecule has 0 unspecified atom stereocenters. The van der Waals surface area contributed by atoms with E-state index in [9.17, 15) is 22.4 Å². The Morgan fingerprint density at radius 1 is 1.34 bits per heavy atom. The standard InChI is InChI=1S/C19H21F4N3O2S/c1-18(2,3)16-25-26(10-12-5-4-8-28-12)17(29-16)24-15(27)13-9-11(19(21,22)23)6-7-14(13)20/h6-7,9,12H,4-5,8,10H2,1-3H3/b24-17-/t12-/m1/s1. The number of benzene rings is 1. The predicted octanol–water partition coefficient (Wildman–Crippen LogP) is 4.32. The molecule has 2 aromatic rings. The summed E-state index contributed by atoms with van der Waals surface area (Å²) >= 11 is 1.15. The molecule has 0 spiro atoms. The number of aromatic nitrogens is 2. The molecule has 5 nitrogen and oxygen atoms in total. The van der Waals surface area contributed by atoms with E-state index < -0.39 is 29.0 Å². The highest BCUT2D eigenvalue weighted by Gasteiger charge is 2.32. The predicted molar refractivity (Wildman–Crippen MR) is 99.1 cm³/mol. The van der Waals surface area contributed by atoms with Crippen LogP contribution in [0.1, 0.15) is 54.5 Å². The van der Waals surface area contributed by atoms with E-state index in [1.807, 2.05) is 20.8 Å². The van der Waals surface area contributed by atoms with Crippen LogP contribution < -0.4 is 4.80 Å². The molecule has 0 bridgehead atoms. The quantitative estimate of drug-likeness (QED) is 0.680. The van der Waals surface area contributed by atoms with Crippen molar-refractivity contribution in [1.82, 2.24) is 9.78 Å². The van der Waals surface area contributed by atoms with Gasteiger partial charge in [0, 0.05) is 12.0 Å². The van der Waals surface area contributed by atoms with Crippen LogP contribution in [-0.2, 0) is 22.9 Å². The second-order valence-electron chi connectivity index (χ2n) is 7.87. The SMILES string of the molecule is CC(C)(C)c1nn(C[C@H]2CCCO2)/c(=N/C(=O)c2cc(C(F)(F)F)ccc2F)s1. The summed E-state index contributed by atoms with van der Waals surface area (Å²) in [5, 5.41) is 5.21. The number of ether oxygens (including phenoxy) is 1. The van der Waals surface area contributed by atoms with Gasteiger partial charge in [-0.1, -0.05) is 32.1 Å². The number of hydrogen-bond donors (Lipinski definition) is 0. The van der Waals surface area contributed by atoms with Gasteiger partial charge in [-0.2, -0.15) is 23.3 Å². The number of rotatable bonds is 3. The van der Waals surface area contributed by atoms with E-state index in [1.165, 1.54) is 4.68 Å². The van der Waals surface area contributed by atoms with Crippen LogP contribution in [0.5, 0.6) is 0 Å². The van der Waals surface area contributed by atoms with Crippen LogP contribution in [0.4, 0.5) is 17.6 Å². The molecule has 10 heteroatoms. The van der Waals surface area contributed by atoms with Crippen molar-refractivity contribution in [2.24, 2.45) is 4.99 Å². The molecule has 2 heterocycles. The van der Waals surface area contributed by atoms with Crippen molar-refractivity contribution >= 4 is 17.2 Å². The van der Waals surface area contributed by atoms with Gasteiger partial charge in [-0.3, -0.25) is 4.79 Å². The molecule has 1 saturated heterocycles. The van der Waals surface area contributed by atoms with Gasteiger partial charge in [-0.05, 0) is 31.0 Å². The number of nitrogens with zero attached hydrogens (tertiary/aromatic N) is 3. The second-order valence-corrected chi connectivity index (χ2v) is 8.82. The number of carbonyl (C=O) groups excluding carboxylic acids is 1. The lowest BCUT2D eigenvalue weighted by atomic mass is 9.98. The van der Waals surface area contributed by atoms with Gasteiger partial charge in [0.05, 0.1) is 23.8 Å². The third-order valence-corrected chi connectivity index (χ3v) is 5.76. The van der Waals surface area contributed by atoms with E-state index in [1.54, 1.807) is 0 Å². The summed E-state index contributed by atoms with van der Waals surface area (Å²) in [6.07, 6.45) is -3.01. The van der Waals surface area contributed by atoms with Crippen molar-refractivity contribution in [3.05, 3.63) is 45.0 Å². The highest BCUT2D eigenvalue weighted by atomic mass is 32.1. The molecule has 1 aromatic carbocycles. The van der Waals surface area contributed by atoms with Gasteiger partial charge in [0.25, 0.3) is 5.91 Å². The molecular weight excluding hydrogens is 410 g/mol. The van der Waals surface area contributed by atoms with Crippen molar-refractivity contribution in [2.75, 3.05) is 6.61 Å². The van der Waals surface area contributed by atoms with Crippen LogP contribution in [0.15, 0.2) is 23.2 Å². The summed E-state index contributed by atoms with van der Waals surface area (Å²) in [7, 11) is 0. The molecule has 3 rings (SSSR count). The molecule has 1 fully saturated rings. The fourth-order valence-electron chi connectivity index (χ4n) is 2.81. The monoisotopic (exact) mass is 431 g/mol. The number of amides is 1. The minimum atomic E-state index is -4.69. The van der Waals surface area contributed by atoms with Gasteiger partial charge < -0.3 is 4.74 Å². The fourth-order valence-corrected chi connectivity index (χ4v) is 3.78. The third kappa shape index (κ3) is 5.11. The molecule has 1 amide bonds. The Hall–Kier alpha value is -2.07. The first-order chi connectivity index (χ1) is 13.4. The van der Waals surface area contributed by atoms with Crippen LogP contribution >= 0.6 is 11.3 Å². The fraction of sp³-hybridized carbons (Fsp3) is 0.526. The normalized spacial score (nSPS) is 18.4. The van der Waals surface area contributed by atoms with E-state index in [2.05, 4.69) is 10.1 Å². The Kier molecular flexibility index (Phi) is 5.96. The maximum absolute atomic E-state index is 14.0. The van der Waals surface area contributed by atoms with E-state index >= 15 is 0 Å². The van der Waals surface area contributed by atoms with Crippen molar-refractivity contribution in [1.29, 1.82) is 0 Å². The summed E-state index contributed by atoms with van der Waals surface area (Å²) in [5.74, 6) is -2.14. The first-order valence-electron chi connectivity index (χ1n) is 9.11. The van der Waals surface area contributed by atoms with Crippen molar-refractivity contribution in [3.8, 4) is 0 Å².